The number of nitrogens with zero attached hydrogens (tertiary/aromatic N) is 1. The van der Waals surface area contributed by atoms with Crippen LogP contribution in [0.25, 0.3) is 0 Å². The molecular formula is C19H24ClN3O2S. The Hall–Kier alpha value is -2.05. The van der Waals surface area contributed by atoms with Gasteiger partial charge in [0.1, 0.15) is 0 Å². The Bertz CT molecular complexity index is 822. The van der Waals surface area contributed by atoms with Crippen molar-refractivity contribution in [2.75, 3.05) is 12.8 Å². The second-order valence-corrected chi connectivity index (χ2v) is 8.37. The Morgan fingerprint density at radius 1 is 1.12 bits per heavy atom. The van der Waals surface area contributed by atoms with Gasteiger partial charge in [-0.15, -0.1) is 0 Å². The third-order valence-electron chi connectivity index (χ3n) is 3.95. The molecule has 140 valence electrons. The van der Waals surface area contributed by atoms with Crippen molar-refractivity contribution in [3.8, 4) is 0 Å². The lowest BCUT2D eigenvalue weighted by Gasteiger charge is -2.20. The van der Waals surface area contributed by atoms with Crippen LogP contribution in [0.3, 0.4) is 0 Å². The van der Waals surface area contributed by atoms with E-state index in [2.05, 4.69) is 15.6 Å². The average molecular weight is 394 g/mol. The lowest BCUT2D eigenvalue weighted by molar-refractivity contribution is 0.568. The first-order valence-corrected chi connectivity index (χ1v) is 10.5. The molecule has 5 nitrogen and oxygen atoms in total. The maximum absolute atomic E-state index is 12.6. The van der Waals surface area contributed by atoms with E-state index < -0.39 is 9.84 Å². The van der Waals surface area contributed by atoms with Crippen LogP contribution < -0.4 is 10.6 Å². The summed E-state index contributed by atoms with van der Waals surface area (Å²) in [7, 11) is -1.69. The minimum Gasteiger partial charge on any atom is -0.353 e. The summed E-state index contributed by atoms with van der Waals surface area (Å²) in [5.74, 6) is 0.574. The van der Waals surface area contributed by atoms with Crippen molar-refractivity contribution in [2.24, 2.45) is 4.99 Å². The molecule has 0 aromatic heterocycles. The summed E-state index contributed by atoms with van der Waals surface area (Å²) < 4.78 is 25.1. The van der Waals surface area contributed by atoms with Gasteiger partial charge in [0, 0.05) is 24.7 Å². The SMILES string of the molecule is CCC(CS(=O)(=O)c1ccccc1)NC(=NC)NCc1ccc(Cl)cc1. The van der Waals surface area contributed by atoms with E-state index in [1.807, 2.05) is 31.2 Å². The number of guanidine groups is 1. The molecule has 0 heterocycles. The zero-order valence-electron chi connectivity index (χ0n) is 14.9. The van der Waals surface area contributed by atoms with Crippen molar-refractivity contribution in [1.82, 2.24) is 10.6 Å². The molecule has 0 aliphatic rings. The molecule has 0 fully saturated rings. The highest BCUT2D eigenvalue weighted by Crippen LogP contribution is 2.12. The van der Waals surface area contributed by atoms with Gasteiger partial charge in [0.2, 0.25) is 0 Å². The zero-order valence-corrected chi connectivity index (χ0v) is 16.5. The highest BCUT2D eigenvalue weighted by atomic mass is 35.5. The lowest BCUT2D eigenvalue weighted by Crippen LogP contribution is -2.45. The Labute approximate surface area is 160 Å². The van der Waals surface area contributed by atoms with Gasteiger partial charge in [-0.3, -0.25) is 4.99 Å². The molecular weight excluding hydrogens is 370 g/mol. The second kappa shape index (κ2) is 9.59. The van der Waals surface area contributed by atoms with Crippen LogP contribution in [-0.2, 0) is 16.4 Å². The molecule has 0 saturated heterocycles. The van der Waals surface area contributed by atoms with E-state index in [1.165, 1.54) is 0 Å². The van der Waals surface area contributed by atoms with Crippen molar-refractivity contribution in [2.45, 2.75) is 30.8 Å². The fourth-order valence-electron chi connectivity index (χ4n) is 2.43. The average Bonchev–Trinajstić information content (AvgIpc) is 2.66. The summed E-state index contributed by atoms with van der Waals surface area (Å²) in [5, 5.41) is 7.08. The highest BCUT2D eigenvalue weighted by molar-refractivity contribution is 7.91. The minimum atomic E-state index is -3.36. The number of hydrogen-bond acceptors (Lipinski definition) is 3. The minimum absolute atomic E-state index is 0.00909. The van der Waals surface area contributed by atoms with E-state index in [1.54, 1.807) is 37.4 Å². The Balaban J connectivity index is 1.97. The van der Waals surface area contributed by atoms with Crippen LogP contribution in [0, 0.1) is 0 Å². The van der Waals surface area contributed by atoms with E-state index in [9.17, 15) is 8.42 Å². The van der Waals surface area contributed by atoms with E-state index in [0.29, 0.717) is 28.8 Å². The molecule has 0 amide bonds. The first-order chi connectivity index (χ1) is 12.4. The van der Waals surface area contributed by atoms with Crippen molar-refractivity contribution < 1.29 is 8.42 Å². The van der Waals surface area contributed by atoms with Crippen LogP contribution in [0.1, 0.15) is 18.9 Å². The largest absolute Gasteiger partial charge is 0.353 e. The van der Waals surface area contributed by atoms with E-state index in [0.717, 1.165) is 5.56 Å². The van der Waals surface area contributed by atoms with Crippen molar-refractivity contribution in [3.05, 3.63) is 65.2 Å². The number of halogens is 1. The maximum atomic E-state index is 12.6. The van der Waals surface area contributed by atoms with Crippen LogP contribution in [0.15, 0.2) is 64.5 Å². The van der Waals surface area contributed by atoms with Crippen LogP contribution in [-0.4, -0.2) is 33.2 Å². The Morgan fingerprint density at radius 3 is 2.35 bits per heavy atom. The molecule has 26 heavy (non-hydrogen) atoms. The molecule has 2 rings (SSSR count). The summed E-state index contributed by atoms with van der Waals surface area (Å²) in [5.41, 5.74) is 1.06. The molecule has 0 aliphatic heterocycles. The van der Waals surface area contributed by atoms with Gasteiger partial charge in [-0.1, -0.05) is 48.9 Å². The molecule has 2 aromatic rings. The number of sulfone groups is 1. The molecule has 0 aliphatic carbocycles. The Kier molecular flexibility index (Phi) is 7.48. The van der Waals surface area contributed by atoms with Gasteiger partial charge in [-0.2, -0.15) is 0 Å². The monoisotopic (exact) mass is 393 g/mol. The lowest BCUT2D eigenvalue weighted by atomic mass is 10.2. The summed E-state index contributed by atoms with van der Waals surface area (Å²) >= 11 is 5.89. The summed E-state index contributed by atoms with van der Waals surface area (Å²) in [6, 6.07) is 15.8. The van der Waals surface area contributed by atoms with Crippen molar-refractivity contribution in [3.63, 3.8) is 0 Å². The zero-order chi connectivity index (χ0) is 19.0. The molecule has 0 bridgehead atoms. The fourth-order valence-corrected chi connectivity index (χ4v) is 4.17. The van der Waals surface area contributed by atoms with Gasteiger partial charge in [0.25, 0.3) is 0 Å². The van der Waals surface area contributed by atoms with Crippen molar-refractivity contribution >= 4 is 27.4 Å². The first-order valence-electron chi connectivity index (χ1n) is 8.44. The van der Waals surface area contributed by atoms with Crippen LogP contribution in [0.5, 0.6) is 0 Å². The molecule has 0 saturated carbocycles. The van der Waals surface area contributed by atoms with Crippen LogP contribution >= 0.6 is 11.6 Å². The van der Waals surface area contributed by atoms with Gasteiger partial charge in [-0.05, 0) is 36.2 Å². The molecule has 2 N–H and O–H groups in total. The number of aliphatic imine (C=N–C) groups is 1. The summed E-state index contributed by atoms with van der Waals surface area (Å²) in [6.45, 7) is 2.52. The molecule has 0 spiro atoms. The number of rotatable bonds is 7. The topological polar surface area (TPSA) is 70.6 Å². The van der Waals surface area contributed by atoms with Crippen LogP contribution in [0.4, 0.5) is 0 Å². The predicted molar refractivity (Wildman–Crippen MR) is 107 cm³/mol. The van der Waals surface area contributed by atoms with Gasteiger partial charge < -0.3 is 10.6 Å². The highest BCUT2D eigenvalue weighted by Gasteiger charge is 2.20. The molecule has 2 aromatic carbocycles. The normalized spacial score (nSPS) is 13.3. The van der Waals surface area contributed by atoms with Crippen LogP contribution in [0.2, 0.25) is 5.02 Å². The third-order valence-corrected chi connectivity index (χ3v) is 6.04. The standard InChI is InChI=1S/C19H24ClN3O2S/c1-3-17(14-26(24,25)18-7-5-4-6-8-18)23-19(21-2)22-13-15-9-11-16(20)12-10-15/h4-12,17H,3,13-14H2,1-2H3,(H2,21,22,23). The number of hydrogen-bond donors (Lipinski definition) is 2. The summed E-state index contributed by atoms with van der Waals surface area (Å²) in [6.07, 6.45) is 0.660. The van der Waals surface area contributed by atoms with E-state index >= 15 is 0 Å². The molecule has 1 atom stereocenters. The number of nitrogens with one attached hydrogen (secondary N) is 2. The van der Waals surface area contributed by atoms with E-state index in [4.69, 9.17) is 11.6 Å². The Morgan fingerprint density at radius 2 is 1.77 bits per heavy atom. The van der Waals surface area contributed by atoms with Gasteiger partial charge in [0.05, 0.1) is 10.6 Å². The van der Waals surface area contributed by atoms with Crippen molar-refractivity contribution in [1.29, 1.82) is 0 Å². The van der Waals surface area contributed by atoms with Gasteiger partial charge in [0.15, 0.2) is 15.8 Å². The predicted octanol–water partition coefficient (Wildman–Crippen LogP) is 3.26. The fraction of sp³-hybridized carbons (Fsp3) is 0.316. The first kappa shape index (κ1) is 20.3. The maximum Gasteiger partial charge on any atom is 0.191 e. The number of benzene rings is 2. The van der Waals surface area contributed by atoms with Gasteiger partial charge >= 0.3 is 0 Å². The summed E-state index contributed by atoms with van der Waals surface area (Å²) in [4.78, 5) is 4.52. The third kappa shape index (κ3) is 6.04. The molecule has 0 radical (unpaired) electrons. The smallest absolute Gasteiger partial charge is 0.191 e. The molecule has 7 heteroatoms. The second-order valence-electron chi connectivity index (χ2n) is 5.90. The molecule has 1 unspecified atom stereocenters. The van der Waals surface area contributed by atoms with Gasteiger partial charge in [-0.25, -0.2) is 8.42 Å². The van der Waals surface area contributed by atoms with E-state index in [-0.39, 0.29) is 11.8 Å². The quantitative estimate of drug-likeness (QED) is 0.559.